The van der Waals surface area contributed by atoms with Crippen LogP contribution in [0.15, 0.2) is 12.2 Å². The van der Waals surface area contributed by atoms with Crippen LogP contribution < -0.4 is 0 Å². The minimum absolute atomic E-state index is 0.194. The van der Waals surface area contributed by atoms with Crippen LogP contribution in [0.3, 0.4) is 0 Å². The maximum absolute atomic E-state index is 11.3. The zero-order valence-electron chi connectivity index (χ0n) is 10.9. The Hall–Kier alpha value is -1.39. The summed E-state index contributed by atoms with van der Waals surface area (Å²) in [4.78, 5) is 21.6. The first-order valence-electron chi connectivity index (χ1n) is 6.50. The van der Waals surface area contributed by atoms with Crippen molar-refractivity contribution in [2.24, 2.45) is 5.92 Å². The number of hydrogen-bond acceptors (Lipinski definition) is 4. The molecule has 5 heteroatoms. The molecule has 1 rings (SSSR count). The maximum atomic E-state index is 11.3. The Morgan fingerprint density at radius 1 is 1.44 bits per heavy atom. The fraction of sp³-hybridized carbons (Fsp3) is 0.769. The van der Waals surface area contributed by atoms with E-state index in [2.05, 4.69) is 6.58 Å². The van der Waals surface area contributed by atoms with E-state index < -0.39 is 17.1 Å². The molecule has 0 radical (unpaired) electrons. The second-order valence-electron chi connectivity index (χ2n) is 5.01. The second kappa shape index (κ2) is 7.13. The van der Waals surface area contributed by atoms with Crippen molar-refractivity contribution in [3.63, 3.8) is 0 Å². The molecule has 0 spiro atoms. The van der Waals surface area contributed by atoms with Crippen LogP contribution in [0.1, 0.15) is 51.9 Å². The molecule has 0 aromatic carbocycles. The summed E-state index contributed by atoms with van der Waals surface area (Å²) in [5, 5.41) is 10.8. The highest BCUT2D eigenvalue weighted by atomic mass is 16.7. The van der Waals surface area contributed by atoms with Gasteiger partial charge in [0, 0.05) is 5.57 Å². The maximum Gasteiger partial charge on any atom is 0.356 e. The smallest absolute Gasteiger partial charge is 0.356 e. The Morgan fingerprint density at radius 2 is 2.06 bits per heavy atom. The number of esters is 1. The van der Waals surface area contributed by atoms with Crippen LogP contribution in [0, 0.1) is 16.0 Å². The number of carbonyl (C=O) groups excluding carboxylic acids is 1. The molecule has 1 unspecified atom stereocenters. The third kappa shape index (κ3) is 4.85. The van der Waals surface area contributed by atoms with Gasteiger partial charge in [-0.1, -0.05) is 38.7 Å². The predicted octanol–water partition coefficient (Wildman–Crippen LogP) is 3.07. The fourth-order valence-corrected chi connectivity index (χ4v) is 2.29. The normalized spacial score (nSPS) is 18.1. The van der Waals surface area contributed by atoms with Crippen molar-refractivity contribution in [3.8, 4) is 0 Å². The summed E-state index contributed by atoms with van der Waals surface area (Å²) in [6, 6.07) is 0. The van der Waals surface area contributed by atoms with Crippen molar-refractivity contribution in [1.29, 1.82) is 0 Å². The lowest BCUT2D eigenvalue weighted by atomic mass is 9.86. The van der Waals surface area contributed by atoms with Gasteiger partial charge >= 0.3 is 12.2 Å². The second-order valence-corrected chi connectivity index (χ2v) is 5.01. The SMILES string of the molecule is C=C(C)C(=O)OC(CCC1CCCCC1)[N+](=O)[O-]. The van der Waals surface area contributed by atoms with E-state index in [0.29, 0.717) is 12.3 Å². The van der Waals surface area contributed by atoms with E-state index in [1.807, 2.05) is 0 Å². The molecule has 18 heavy (non-hydrogen) atoms. The molecule has 102 valence electrons. The van der Waals surface area contributed by atoms with Crippen LogP contribution in [0.2, 0.25) is 0 Å². The van der Waals surface area contributed by atoms with Gasteiger partial charge in [-0.3, -0.25) is 10.1 Å². The van der Waals surface area contributed by atoms with Crippen molar-refractivity contribution < 1.29 is 14.5 Å². The van der Waals surface area contributed by atoms with Gasteiger partial charge in [-0.25, -0.2) is 4.79 Å². The molecule has 0 aliphatic heterocycles. The molecule has 0 N–H and O–H groups in total. The van der Waals surface area contributed by atoms with Gasteiger partial charge in [0.25, 0.3) is 0 Å². The third-order valence-corrected chi connectivity index (χ3v) is 3.37. The minimum Gasteiger partial charge on any atom is -0.395 e. The van der Waals surface area contributed by atoms with Crippen LogP contribution >= 0.6 is 0 Å². The predicted molar refractivity (Wildman–Crippen MR) is 67.5 cm³/mol. The van der Waals surface area contributed by atoms with Gasteiger partial charge in [0.1, 0.15) is 0 Å². The van der Waals surface area contributed by atoms with Crippen molar-refractivity contribution >= 4 is 5.97 Å². The summed E-state index contributed by atoms with van der Waals surface area (Å²) >= 11 is 0. The standard InChI is InChI=1S/C13H21NO4/c1-10(2)13(15)18-12(14(16)17)9-8-11-6-4-3-5-7-11/h11-12H,1,3-9H2,2H3. The first-order valence-corrected chi connectivity index (χ1v) is 6.50. The molecule has 0 aromatic rings. The summed E-state index contributed by atoms with van der Waals surface area (Å²) in [6.45, 7) is 4.91. The lowest BCUT2D eigenvalue weighted by molar-refractivity contribution is -0.569. The Kier molecular flexibility index (Phi) is 5.82. The van der Waals surface area contributed by atoms with Gasteiger partial charge in [-0.05, 0) is 19.3 Å². The highest BCUT2D eigenvalue weighted by Gasteiger charge is 2.26. The molecule has 0 saturated heterocycles. The molecule has 1 aliphatic rings. The number of rotatable bonds is 6. The monoisotopic (exact) mass is 255 g/mol. The summed E-state index contributed by atoms with van der Waals surface area (Å²) < 4.78 is 4.83. The molecule has 1 fully saturated rings. The first-order chi connectivity index (χ1) is 8.50. The number of nitro groups is 1. The summed E-state index contributed by atoms with van der Waals surface area (Å²) in [5.74, 6) is -0.134. The molecule has 1 atom stereocenters. The Balaban J connectivity index is 2.40. The van der Waals surface area contributed by atoms with E-state index in [4.69, 9.17) is 4.74 Å². The van der Waals surface area contributed by atoms with E-state index in [1.54, 1.807) is 0 Å². The Bertz CT molecular complexity index is 321. The van der Waals surface area contributed by atoms with E-state index >= 15 is 0 Å². The zero-order chi connectivity index (χ0) is 13.5. The van der Waals surface area contributed by atoms with Crippen LogP contribution in [0.4, 0.5) is 0 Å². The van der Waals surface area contributed by atoms with Crippen molar-refractivity contribution in [2.45, 2.75) is 58.1 Å². The third-order valence-electron chi connectivity index (χ3n) is 3.37. The number of ether oxygens (including phenoxy) is 1. The average molecular weight is 255 g/mol. The van der Waals surface area contributed by atoms with Gasteiger partial charge in [-0.15, -0.1) is 0 Å². The largest absolute Gasteiger partial charge is 0.395 e. The fourth-order valence-electron chi connectivity index (χ4n) is 2.29. The Labute approximate surface area is 107 Å². The lowest BCUT2D eigenvalue weighted by Gasteiger charge is -2.21. The molecule has 0 bridgehead atoms. The quantitative estimate of drug-likeness (QED) is 0.240. The van der Waals surface area contributed by atoms with E-state index in [0.717, 1.165) is 19.3 Å². The number of nitrogens with zero attached hydrogens (tertiary/aromatic N) is 1. The molecular formula is C13H21NO4. The van der Waals surface area contributed by atoms with Gasteiger partial charge in [0.15, 0.2) is 0 Å². The van der Waals surface area contributed by atoms with Crippen LogP contribution in [0.25, 0.3) is 0 Å². The van der Waals surface area contributed by atoms with Gasteiger partial charge in [0.05, 0.1) is 11.3 Å². The van der Waals surface area contributed by atoms with Crippen LogP contribution in [-0.2, 0) is 9.53 Å². The number of hydrogen-bond donors (Lipinski definition) is 0. The van der Waals surface area contributed by atoms with E-state index in [1.165, 1.54) is 26.2 Å². The van der Waals surface area contributed by atoms with Crippen molar-refractivity contribution in [3.05, 3.63) is 22.3 Å². The summed E-state index contributed by atoms with van der Waals surface area (Å²) in [5.41, 5.74) is 0.194. The molecule has 5 nitrogen and oxygen atoms in total. The van der Waals surface area contributed by atoms with Crippen LogP contribution in [0.5, 0.6) is 0 Å². The lowest BCUT2D eigenvalue weighted by Crippen LogP contribution is -2.27. The highest BCUT2D eigenvalue weighted by Crippen LogP contribution is 2.28. The average Bonchev–Trinajstić information content (AvgIpc) is 2.34. The summed E-state index contributed by atoms with van der Waals surface area (Å²) in [7, 11) is 0. The molecule has 1 aliphatic carbocycles. The van der Waals surface area contributed by atoms with E-state index in [9.17, 15) is 14.9 Å². The summed E-state index contributed by atoms with van der Waals surface area (Å²) in [6.07, 6.45) is 5.79. The molecule has 0 aromatic heterocycles. The zero-order valence-corrected chi connectivity index (χ0v) is 10.9. The molecule has 1 saturated carbocycles. The number of carbonyl (C=O) groups is 1. The molecule has 0 heterocycles. The van der Waals surface area contributed by atoms with Crippen LogP contribution in [-0.4, -0.2) is 17.1 Å². The Morgan fingerprint density at radius 3 is 2.56 bits per heavy atom. The molecule has 0 amide bonds. The highest BCUT2D eigenvalue weighted by molar-refractivity contribution is 5.86. The molecular weight excluding hydrogens is 234 g/mol. The topological polar surface area (TPSA) is 69.4 Å². The minimum atomic E-state index is -1.23. The van der Waals surface area contributed by atoms with Crippen molar-refractivity contribution in [1.82, 2.24) is 0 Å². The first kappa shape index (κ1) is 14.7. The van der Waals surface area contributed by atoms with Crippen molar-refractivity contribution in [2.75, 3.05) is 0 Å². The van der Waals surface area contributed by atoms with Gasteiger partial charge < -0.3 is 4.74 Å². The van der Waals surface area contributed by atoms with Gasteiger partial charge in [-0.2, -0.15) is 0 Å². The van der Waals surface area contributed by atoms with E-state index in [-0.39, 0.29) is 5.57 Å². The van der Waals surface area contributed by atoms with Gasteiger partial charge in [0.2, 0.25) is 0 Å².